The van der Waals surface area contributed by atoms with Crippen molar-refractivity contribution in [2.45, 2.75) is 26.2 Å². The number of aryl methyl sites for hydroxylation is 1. The Bertz CT molecular complexity index is 344. The molecule has 0 aromatic heterocycles. The summed E-state index contributed by atoms with van der Waals surface area (Å²) in [5.41, 5.74) is 2.10. The minimum atomic E-state index is -0.164. The summed E-state index contributed by atoms with van der Waals surface area (Å²) in [4.78, 5) is 11.1. The highest BCUT2D eigenvalue weighted by Crippen LogP contribution is 2.12. The summed E-state index contributed by atoms with van der Waals surface area (Å²) in [6.45, 7) is 5.59. The van der Waals surface area contributed by atoms with Crippen LogP contribution < -0.4 is 5.32 Å². The third-order valence-corrected chi connectivity index (χ3v) is 2.20. The van der Waals surface area contributed by atoms with E-state index in [9.17, 15) is 4.79 Å². The zero-order valence-electron chi connectivity index (χ0n) is 9.12. The third kappa shape index (κ3) is 3.98. The first-order chi connectivity index (χ1) is 7.26. The Morgan fingerprint density at radius 3 is 3.00 bits per heavy atom. The molecule has 1 aromatic carbocycles. The van der Waals surface area contributed by atoms with Crippen LogP contribution in [0, 0.1) is 0 Å². The van der Waals surface area contributed by atoms with E-state index in [1.165, 1.54) is 24.5 Å². The molecule has 1 rings (SSSR count). The number of carbonyl (C=O) groups is 1. The van der Waals surface area contributed by atoms with Gasteiger partial charge in [0.1, 0.15) is 0 Å². The number of benzene rings is 1. The Kier molecular flexibility index (Phi) is 4.61. The summed E-state index contributed by atoms with van der Waals surface area (Å²) in [6, 6.07) is 7.94. The van der Waals surface area contributed by atoms with Crippen molar-refractivity contribution in [3.05, 3.63) is 42.5 Å². The van der Waals surface area contributed by atoms with Crippen LogP contribution >= 0.6 is 0 Å². The fourth-order valence-electron chi connectivity index (χ4n) is 1.38. The first-order valence-corrected chi connectivity index (χ1v) is 5.28. The molecule has 0 spiro atoms. The van der Waals surface area contributed by atoms with Crippen LogP contribution in [-0.4, -0.2) is 5.91 Å². The number of unbranched alkanes of at least 4 members (excludes halogenated alkanes) is 1. The molecule has 0 heterocycles. The van der Waals surface area contributed by atoms with Crippen molar-refractivity contribution < 1.29 is 4.79 Å². The quantitative estimate of drug-likeness (QED) is 0.732. The Morgan fingerprint density at radius 2 is 2.33 bits per heavy atom. The summed E-state index contributed by atoms with van der Waals surface area (Å²) in [5.74, 6) is -0.164. The molecule has 0 unspecified atom stereocenters. The largest absolute Gasteiger partial charge is 0.323 e. The van der Waals surface area contributed by atoms with Gasteiger partial charge in [0, 0.05) is 5.69 Å². The van der Waals surface area contributed by atoms with Crippen LogP contribution in [0.2, 0.25) is 0 Å². The molecule has 1 amide bonds. The molecular weight excluding hydrogens is 186 g/mol. The number of hydrogen-bond acceptors (Lipinski definition) is 1. The van der Waals surface area contributed by atoms with Crippen molar-refractivity contribution in [3.63, 3.8) is 0 Å². The van der Waals surface area contributed by atoms with E-state index in [1.807, 2.05) is 18.2 Å². The van der Waals surface area contributed by atoms with Gasteiger partial charge in [-0.1, -0.05) is 32.1 Å². The standard InChI is InChI=1S/C13H17NO/c1-3-5-7-11-8-6-9-12(10-11)14-13(15)4-2/h4,6,8-10H,2-3,5,7H2,1H3,(H,14,15). The lowest BCUT2D eigenvalue weighted by atomic mass is 10.1. The number of carbonyl (C=O) groups excluding carboxylic acids is 1. The van der Waals surface area contributed by atoms with Crippen molar-refractivity contribution in [2.75, 3.05) is 5.32 Å². The smallest absolute Gasteiger partial charge is 0.247 e. The van der Waals surface area contributed by atoms with Crippen molar-refractivity contribution in [2.24, 2.45) is 0 Å². The first kappa shape index (κ1) is 11.5. The molecule has 1 N–H and O–H groups in total. The Labute approximate surface area is 91.0 Å². The van der Waals surface area contributed by atoms with Gasteiger partial charge < -0.3 is 5.32 Å². The van der Waals surface area contributed by atoms with Gasteiger partial charge in [0.2, 0.25) is 5.91 Å². The lowest BCUT2D eigenvalue weighted by Gasteiger charge is -2.05. The van der Waals surface area contributed by atoms with Crippen molar-refractivity contribution in [1.29, 1.82) is 0 Å². The SMILES string of the molecule is C=CC(=O)Nc1cccc(CCCC)c1. The second kappa shape index (κ2) is 6.02. The van der Waals surface area contributed by atoms with E-state index < -0.39 is 0 Å². The molecule has 80 valence electrons. The van der Waals surface area contributed by atoms with Gasteiger partial charge in [-0.25, -0.2) is 0 Å². The van der Waals surface area contributed by atoms with Crippen LogP contribution in [0.25, 0.3) is 0 Å². The number of hydrogen-bond donors (Lipinski definition) is 1. The molecule has 0 saturated heterocycles. The zero-order valence-corrected chi connectivity index (χ0v) is 9.12. The molecule has 1 aromatic rings. The van der Waals surface area contributed by atoms with E-state index in [1.54, 1.807) is 0 Å². The maximum atomic E-state index is 11.1. The minimum Gasteiger partial charge on any atom is -0.323 e. The predicted molar refractivity (Wildman–Crippen MR) is 63.9 cm³/mol. The van der Waals surface area contributed by atoms with E-state index in [-0.39, 0.29) is 5.91 Å². The van der Waals surface area contributed by atoms with E-state index in [0.29, 0.717) is 0 Å². The van der Waals surface area contributed by atoms with Crippen LogP contribution in [0.3, 0.4) is 0 Å². The molecule has 0 saturated carbocycles. The number of rotatable bonds is 5. The molecule has 0 aliphatic heterocycles. The summed E-state index contributed by atoms with van der Waals surface area (Å²) in [7, 11) is 0. The highest BCUT2D eigenvalue weighted by atomic mass is 16.1. The third-order valence-electron chi connectivity index (χ3n) is 2.20. The van der Waals surface area contributed by atoms with Gasteiger partial charge in [-0.15, -0.1) is 0 Å². The van der Waals surface area contributed by atoms with Gasteiger partial charge in [0.05, 0.1) is 0 Å². The molecule has 0 fully saturated rings. The molecule has 2 heteroatoms. The van der Waals surface area contributed by atoms with Crippen LogP contribution in [0.1, 0.15) is 25.3 Å². The van der Waals surface area contributed by atoms with Gasteiger partial charge in [0.15, 0.2) is 0 Å². The van der Waals surface area contributed by atoms with Crippen molar-refractivity contribution in [1.82, 2.24) is 0 Å². The number of amides is 1. The van der Waals surface area contributed by atoms with Crippen LogP contribution in [0.15, 0.2) is 36.9 Å². The fourth-order valence-corrected chi connectivity index (χ4v) is 1.38. The molecular formula is C13H17NO. The summed E-state index contributed by atoms with van der Waals surface area (Å²) < 4.78 is 0. The minimum absolute atomic E-state index is 0.164. The summed E-state index contributed by atoms with van der Waals surface area (Å²) in [5, 5.41) is 2.75. The lowest BCUT2D eigenvalue weighted by molar-refractivity contribution is -0.111. The van der Waals surface area contributed by atoms with E-state index in [0.717, 1.165) is 12.1 Å². The normalized spacial score (nSPS) is 9.67. The lowest BCUT2D eigenvalue weighted by Crippen LogP contribution is -2.07. The fraction of sp³-hybridized carbons (Fsp3) is 0.308. The average molecular weight is 203 g/mol. The summed E-state index contributed by atoms with van der Waals surface area (Å²) in [6.07, 6.45) is 4.70. The van der Waals surface area contributed by atoms with E-state index >= 15 is 0 Å². The first-order valence-electron chi connectivity index (χ1n) is 5.28. The van der Waals surface area contributed by atoms with E-state index in [2.05, 4.69) is 24.9 Å². The monoisotopic (exact) mass is 203 g/mol. The number of nitrogens with one attached hydrogen (secondary N) is 1. The van der Waals surface area contributed by atoms with Crippen LogP contribution in [0.4, 0.5) is 5.69 Å². The number of anilines is 1. The molecule has 2 nitrogen and oxygen atoms in total. The average Bonchev–Trinajstić information content (AvgIpc) is 2.26. The Morgan fingerprint density at radius 1 is 1.53 bits per heavy atom. The van der Waals surface area contributed by atoms with Gasteiger partial charge in [-0.05, 0) is 36.6 Å². The predicted octanol–water partition coefficient (Wildman–Crippen LogP) is 3.15. The van der Waals surface area contributed by atoms with Crippen molar-refractivity contribution in [3.8, 4) is 0 Å². The van der Waals surface area contributed by atoms with Gasteiger partial charge in [-0.3, -0.25) is 4.79 Å². The Balaban J connectivity index is 2.65. The molecule has 0 radical (unpaired) electrons. The molecule has 0 aliphatic rings. The maximum Gasteiger partial charge on any atom is 0.247 e. The Hall–Kier alpha value is -1.57. The van der Waals surface area contributed by atoms with Gasteiger partial charge >= 0.3 is 0 Å². The zero-order chi connectivity index (χ0) is 11.1. The van der Waals surface area contributed by atoms with Gasteiger partial charge in [0.25, 0.3) is 0 Å². The molecule has 0 atom stereocenters. The van der Waals surface area contributed by atoms with Crippen LogP contribution in [0.5, 0.6) is 0 Å². The topological polar surface area (TPSA) is 29.1 Å². The second-order valence-corrected chi connectivity index (χ2v) is 3.50. The van der Waals surface area contributed by atoms with E-state index in [4.69, 9.17) is 0 Å². The highest BCUT2D eigenvalue weighted by molar-refractivity contribution is 5.98. The van der Waals surface area contributed by atoms with Crippen molar-refractivity contribution >= 4 is 11.6 Å². The molecule has 0 aliphatic carbocycles. The molecule has 0 bridgehead atoms. The summed E-state index contributed by atoms with van der Waals surface area (Å²) >= 11 is 0. The maximum absolute atomic E-state index is 11.1. The van der Waals surface area contributed by atoms with Gasteiger partial charge in [-0.2, -0.15) is 0 Å². The highest BCUT2D eigenvalue weighted by Gasteiger charge is 1.98. The molecule has 15 heavy (non-hydrogen) atoms. The second-order valence-electron chi connectivity index (χ2n) is 3.50. The van der Waals surface area contributed by atoms with Crippen LogP contribution in [-0.2, 0) is 11.2 Å².